The monoisotopic (exact) mass is 216 g/mol. The van der Waals surface area contributed by atoms with Crippen molar-refractivity contribution >= 4 is 11.6 Å². The molecule has 0 heterocycles. The van der Waals surface area contributed by atoms with Crippen LogP contribution in [0.1, 0.15) is 39.5 Å². The third-order valence-electron chi connectivity index (χ3n) is 2.56. The van der Waals surface area contributed by atoms with Crippen LogP contribution in [0.2, 0.25) is 0 Å². The summed E-state index contributed by atoms with van der Waals surface area (Å²) in [6.07, 6.45) is 1.66. The Labute approximate surface area is 90.3 Å². The van der Waals surface area contributed by atoms with E-state index in [0.717, 1.165) is 0 Å². The van der Waals surface area contributed by atoms with E-state index in [-0.39, 0.29) is 24.4 Å². The van der Waals surface area contributed by atoms with E-state index >= 15 is 0 Å². The lowest BCUT2D eigenvalue weighted by molar-refractivity contribution is -0.147. The Morgan fingerprint density at radius 1 is 0.933 bits per heavy atom. The molecule has 0 saturated heterocycles. The number of aliphatic hydroxyl groups excluding tert-OH is 2. The van der Waals surface area contributed by atoms with Crippen molar-refractivity contribution < 1.29 is 19.8 Å². The average Bonchev–Trinajstić information content (AvgIpc) is 2.21. The van der Waals surface area contributed by atoms with Crippen molar-refractivity contribution in [3.63, 3.8) is 0 Å². The molecule has 0 rings (SSSR count). The molecule has 0 aromatic rings. The van der Waals surface area contributed by atoms with Crippen molar-refractivity contribution in [1.29, 1.82) is 0 Å². The number of aliphatic hydroxyl groups is 2. The van der Waals surface area contributed by atoms with Crippen molar-refractivity contribution in [2.75, 3.05) is 13.2 Å². The van der Waals surface area contributed by atoms with Crippen LogP contribution in [0.5, 0.6) is 0 Å². The van der Waals surface area contributed by atoms with Crippen molar-refractivity contribution in [3.8, 4) is 0 Å². The van der Waals surface area contributed by atoms with Gasteiger partial charge in [-0.15, -0.1) is 0 Å². The third-order valence-corrected chi connectivity index (χ3v) is 2.56. The Bertz CT molecular complexity index is 199. The molecule has 0 amide bonds. The topological polar surface area (TPSA) is 74.6 Å². The first kappa shape index (κ1) is 14.3. The molecule has 0 aromatic carbocycles. The van der Waals surface area contributed by atoms with Crippen molar-refractivity contribution in [2.24, 2.45) is 5.41 Å². The van der Waals surface area contributed by atoms with Gasteiger partial charge in [-0.1, -0.05) is 13.8 Å². The molecule has 0 aliphatic heterocycles. The minimum absolute atomic E-state index is 0.219. The molecule has 0 atom stereocenters. The predicted octanol–water partition coefficient (Wildman–Crippen LogP) is 0.696. The molecular weight excluding hydrogens is 196 g/mol. The summed E-state index contributed by atoms with van der Waals surface area (Å²) in [6.45, 7) is 2.45. The lowest BCUT2D eigenvalue weighted by Gasteiger charge is -2.26. The smallest absolute Gasteiger partial charge is 0.151 e. The lowest BCUT2D eigenvalue weighted by atomic mass is 9.77. The first-order valence-corrected chi connectivity index (χ1v) is 5.37. The molecule has 0 aliphatic rings. The van der Waals surface area contributed by atoms with Gasteiger partial charge in [0.25, 0.3) is 0 Å². The van der Waals surface area contributed by atoms with Gasteiger partial charge in [0.1, 0.15) is 5.41 Å². The normalized spacial score (nSPS) is 11.5. The lowest BCUT2D eigenvalue weighted by Crippen LogP contribution is -2.45. The number of hydrogen-bond donors (Lipinski definition) is 2. The van der Waals surface area contributed by atoms with Gasteiger partial charge in [0.2, 0.25) is 0 Å². The molecule has 0 saturated carbocycles. The molecule has 0 unspecified atom stereocenters. The highest BCUT2D eigenvalue weighted by molar-refractivity contribution is 6.07. The second kappa shape index (κ2) is 6.69. The second-order valence-corrected chi connectivity index (χ2v) is 3.74. The number of carbonyl (C=O) groups is 2. The Morgan fingerprint density at radius 2 is 1.27 bits per heavy atom. The molecule has 0 radical (unpaired) electrons. The first-order chi connectivity index (χ1) is 7.08. The molecule has 2 N–H and O–H groups in total. The van der Waals surface area contributed by atoms with Crippen molar-refractivity contribution in [2.45, 2.75) is 39.5 Å². The van der Waals surface area contributed by atoms with Crippen LogP contribution < -0.4 is 0 Å². The molecule has 0 bridgehead atoms. The average molecular weight is 216 g/mol. The fourth-order valence-electron chi connectivity index (χ4n) is 1.49. The molecular formula is C11H20O4. The summed E-state index contributed by atoms with van der Waals surface area (Å²) in [5.74, 6) is -0.707. The van der Waals surface area contributed by atoms with Crippen LogP contribution in [0.3, 0.4) is 0 Å². The van der Waals surface area contributed by atoms with Gasteiger partial charge in [0.05, 0.1) is 13.2 Å². The highest BCUT2D eigenvalue weighted by Crippen LogP contribution is 2.23. The summed E-state index contributed by atoms with van der Waals surface area (Å²) in [5, 5.41) is 18.3. The van der Waals surface area contributed by atoms with Gasteiger partial charge in [-0.25, -0.2) is 0 Å². The number of rotatable bonds is 8. The van der Waals surface area contributed by atoms with Gasteiger partial charge in [0, 0.05) is 12.8 Å². The number of hydrogen-bond acceptors (Lipinski definition) is 4. The first-order valence-electron chi connectivity index (χ1n) is 5.37. The number of Topliss-reactive ketones (excluding diaryl/α,β-unsaturated/α-hetero) is 2. The molecule has 0 aliphatic carbocycles. The van der Waals surface area contributed by atoms with E-state index in [4.69, 9.17) is 10.2 Å². The van der Waals surface area contributed by atoms with Crippen LogP contribution in [-0.2, 0) is 9.59 Å². The molecule has 4 nitrogen and oxygen atoms in total. The second-order valence-electron chi connectivity index (χ2n) is 3.74. The van der Waals surface area contributed by atoms with Crippen molar-refractivity contribution in [1.82, 2.24) is 0 Å². The van der Waals surface area contributed by atoms with Crippen molar-refractivity contribution in [3.05, 3.63) is 0 Å². The minimum Gasteiger partial charge on any atom is -0.395 e. The maximum atomic E-state index is 11.7. The fraction of sp³-hybridized carbons (Fsp3) is 0.818. The van der Waals surface area contributed by atoms with E-state index in [1.54, 1.807) is 0 Å². The van der Waals surface area contributed by atoms with Gasteiger partial charge < -0.3 is 10.2 Å². The zero-order valence-electron chi connectivity index (χ0n) is 9.45. The van der Waals surface area contributed by atoms with Crippen LogP contribution in [0.4, 0.5) is 0 Å². The van der Waals surface area contributed by atoms with E-state index in [2.05, 4.69) is 0 Å². The molecule has 0 spiro atoms. The Kier molecular flexibility index (Phi) is 6.36. The van der Waals surface area contributed by atoms with Gasteiger partial charge in [-0.3, -0.25) is 9.59 Å². The standard InChI is InChI=1S/C11H20O4/c1-3-5-9(14)11(7-12,8-13)10(15)6-4-2/h12-13H,3-8H2,1-2H3. The molecule has 0 aromatic heterocycles. The van der Waals surface area contributed by atoms with Gasteiger partial charge in [0.15, 0.2) is 11.6 Å². The minimum atomic E-state index is -1.56. The Balaban J connectivity index is 4.86. The highest BCUT2D eigenvalue weighted by Gasteiger charge is 2.42. The zero-order valence-corrected chi connectivity index (χ0v) is 9.45. The summed E-state index contributed by atoms with van der Waals surface area (Å²) in [4.78, 5) is 23.4. The molecule has 4 heteroatoms. The largest absolute Gasteiger partial charge is 0.395 e. The maximum Gasteiger partial charge on any atom is 0.151 e. The predicted molar refractivity (Wildman–Crippen MR) is 56.4 cm³/mol. The Morgan fingerprint density at radius 3 is 1.47 bits per heavy atom. The third kappa shape index (κ3) is 3.11. The molecule has 0 fully saturated rings. The van der Waals surface area contributed by atoms with Crippen LogP contribution in [0.15, 0.2) is 0 Å². The summed E-state index contributed by atoms with van der Waals surface area (Å²) in [6, 6.07) is 0. The van der Waals surface area contributed by atoms with E-state index in [1.807, 2.05) is 13.8 Å². The summed E-state index contributed by atoms with van der Waals surface area (Å²) in [5.41, 5.74) is -1.56. The quantitative estimate of drug-likeness (QED) is 0.585. The van der Waals surface area contributed by atoms with Crippen LogP contribution in [-0.4, -0.2) is 35.0 Å². The highest BCUT2D eigenvalue weighted by atomic mass is 16.3. The fourth-order valence-corrected chi connectivity index (χ4v) is 1.49. The molecule has 88 valence electrons. The SMILES string of the molecule is CCCC(=O)C(CO)(CO)C(=O)CCC. The van der Waals surface area contributed by atoms with E-state index in [9.17, 15) is 9.59 Å². The van der Waals surface area contributed by atoms with Crippen LogP contribution in [0.25, 0.3) is 0 Å². The summed E-state index contributed by atoms with van der Waals surface area (Å²) >= 11 is 0. The summed E-state index contributed by atoms with van der Waals surface area (Å²) < 4.78 is 0. The van der Waals surface area contributed by atoms with Gasteiger partial charge in [-0.05, 0) is 12.8 Å². The van der Waals surface area contributed by atoms with Crippen LogP contribution >= 0.6 is 0 Å². The number of carbonyl (C=O) groups excluding carboxylic acids is 2. The maximum absolute atomic E-state index is 11.7. The zero-order chi connectivity index (χ0) is 11.9. The van der Waals surface area contributed by atoms with Gasteiger partial charge in [-0.2, -0.15) is 0 Å². The van der Waals surface area contributed by atoms with E-state index in [0.29, 0.717) is 12.8 Å². The van der Waals surface area contributed by atoms with E-state index in [1.165, 1.54) is 0 Å². The molecule has 15 heavy (non-hydrogen) atoms. The Hall–Kier alpha value is -0.740. The van der Waals surface area contributed by atoms with E-state index < -0.39 is 18.6 Å². The summed E-state index contributed by atoms with van der Waals surface area (Å²) in [7, 11) is 0. The number of ketones is 2. The van der Waals surface area contributed by atoms with Gasteiger partial charge >= 0.3 is 0 Å². The van der Waals surface area contributed by atoms with Crippen LogP contribution in [0, 0.1) is 5.41 Å².